The fourth-order valence-electron chi connectivity index (χ4n) is 2.57. The standard InChI is InChI=1S/C16H23FN4O4S/c1-20(2)16(22)13-5-6-21(10-13)26(23,24)14-3-4-15(19-9-14)25-11-12(7-17)8-18/h3-4,7,9,13H,5-6,8,10-11,18H2,1-2H3/b12-7-/t13-/m0/s1. The molecule has 0 unspecified atom stereocenters. The van der Waals surface area contributed by atoms with Gasteiger partial charge in [-0.05, 0) is 12.5 Å². The summed E-state index contributed by atoms with van der Waals surface area (Å²) in [4.78, 5) is 17.4. The summed E-state index contributed by atoms with van der Waals surface area (Å²) in [5.41, 5.74) is 5.59. The summed E-state index contributed by atoms with van der Waals surface area (Å²) in [7, 11) is -0.437. The van der Waals surface area contributed by atoms with Crippen molar-refractivity contribution < 1.29 is 22.3 Å². The summed E-state index contributed by atoms with van der Waals surface area (Å²) in [5.74, 6) is -0.252. The van der Waals surface area contributed by atoms with Crippen molar-refractivity contribution >= 4 is 15.9 Å². The lowest BCUT2D eigenvalue weighted by atomic mass is 10.1. The summed E-state index contributed by atoms with van der Waals surface area (Å²) in [6.45, 7) is 0.391. The smallest absolute Gasteiger partial charge is 0.244 e. The minimum atomic E-state index is -3.74. The lowest BCUT2D eigenvalue weighted by Gasteiger charge is -2.18. The van der Waals surface area contributed by atoms with Gasteiger partial charge in [-0.25, -0.2) is 17.8 Å². The van der Waals surface area contributed by atoms with E-state index in [0.29, 0.717) is 12.8 Å². The lowest BCUT2D eigenvalue weighted by Crippen LogP contribution is -2.34. The Balaban J connectivity index is 2.04. The van der Waals surface area contributed by atoms with Crippen LogP contribution in [0.15, 0.2) is 35.1 Å². The van der Waals surface area contributed by atoms with Gasteiger partial charge in [-0.15, -0.1) is 0 Å². The molecule has 2 N–H and O–H groups in total. The molecule has 1 aromatic heterocycles. The maximum Gasteiger partial charge on any atom is 0.244 e. The molecule has 10 heteroatoms. The van der Waals surface area contributed by atoms with Gasteiger partial charge in [0, 0.05) is 45.4 Å². The number of nitrogens with two attached hydrogens (primary N) is 1. The number of hydrogen-bond donors (Lipinski definition) is 1. The molecule has 144 valence electrons. The van der Waals surface area contributed by atoms with Crippen molar-refractivity contribution in [2.24, 2.45) is 11.7 Å². The van der Waals surface area contributed by atoms with E-state index in [0.717, 1.165) is 0 Å². The fourth-order valence-corrected chi connectivity index (χ4v) is 4.01. The molecule has 1 aliphatic heterocycles. The molecule has 0 radical (unpaired) electrons. The first-order chi connectivity index (χ1) is 12.3. The van der Waals surface area contributed by atoms with Gasteiger partial charge in [0.05, 0.1) is 18.4 Å². The Labute approximate surface area is 152 Å². The Morgan fingerprint density at radius 2 is 2.23 bits per heavy atom. The average molecular weight is 386 g/mol. The number of aromatic nitrogens is 1. The molecule has 0 bridgehead atoms. The van der Waals surface area contributed by atoms with Crippen LogP contribution in [0.3, 0.4) is 0 Å². The number of carbonyl (C=O) groups is 1. The predicted molar refractivity (Wildman–Crippen MR) is 93.5 cm³/mol. The molecule has 8 nitrogen and oxygen atoms in total. The van der Waals surface area contributed by atoms with Crippen LogP contribution in [0.4, 0.5) is 4.39 Å². The average Bonchev–Trinajstić information content (AvgIpc) is 3.13. The van der Waals surface area contributed by atoms with E-state index in [-0.39, 0.29) is 54.4 Å². The summed E-state index contributed by atoms with van der Waals surface area (Å²) in [6, 6.07) is 2.78. The Kier molecular flexibility index (Phi) is 6.68. The van der Waals surface area contributed by atoms with Crippen molar-refractivity contribution in [2.75, 3.05) is 40.3 Å². The van der Waals surface area contributed by atoms with Gasteiger partial charge in [0.1, 0.15) is 11.5 Å². The normalized spacial score (nSPS) is 18.8. The third-order valence-corrected chi connectivity index (χ3v) is 5.96. The number of sulfonamides is 1. The number of ether oxygens (including phenoxy) is 1. The predicted octanol–water partition coefficient (Wildman–Crippen LogP) is 0.371. The molecule has 0 aromatic carbocycles. The minimum Gasteiger partial charge on any atom is -0.473 e. The van der Waals surface area contributed by atoms with Gasteiger partial charge in [0.2, 0.25) is 21.8 Å². The quantitative estimate of drug-likeness (QED) is 0.726. The van der Waals surface area contributed by atoms with E-state index in [1.165, 1.54) is 27.5 Å². The lowest BCUT2D eigenvalue weighted by molar-refractivity contribution is -0.132. The molecule has 2 heterocycles. The van der Waals surface area contributed by atoms with E-state index in [9.17, 15) is 17.6 Å². The largest absolute Gasteiger partial charge is 0.473 e. The molecule has 2 rings (SSSR count). The number of rotatable bonds is 7. The first-order valence-corrected chi connectivity index (χ1v) is 9.52. The van der Waals surface area contributed by atoms with Crippen molar-refractivity contribution in [3.63, 3.8) is 0 Å². The Morgan fingerprint density at radius 1 is 1.50 bits per heavy atom. The van der Waals surface area contributed by atoms with Crippen LogP contribution < -0.4 is 10.5 Å². The molecule has 1 fully saturated rings. The maximum atomic E-state index is 12.7. The number of halogens is 1. The van der Waals surface area contributed by atoms with Crippen molar-refractivity contribution in [1.82, 2.24) is 14.2 Å². The monoisotopic (exact) mass is 386 g/mol. The Bertz CT molecular complexity index is 765. The number of nitrogens with zero attached hydrogens (tertiary/aromatic N) is 3. The van der Waals surface area contributed by atoms with E-state index in [4.69, 9.17) is 10.5 Å². The zero-order valence-electron chi connectivity index (χ0n) is 14.8. The summed E-state index contributed by atoms with van der Waals surface area (Å²) in [6.07, 6.45) is 2.05. The fraction of sp³-hybridized carbons (Fsp3) is 0.500. The van der Waals surface area contributed by atoms with Gasteiger partial charge in [0.15, 0.2) is 0 Å². The third kappa shape index (κ3) is 4.57. The Hall–Kier alpha value is -2.04. The van der Waals surface area contributed by atoms with Gasteiger partial charge in [-0.3, -0.25) is 4.79 Å². The second-order valence-corrected chi connectivity index (χ2v) is 8.11. The van der Waals surface area contributed by atoms with E-state index >= 15 is 0 Å². The van der Waals surface area contributed by atoms with Crippen LogP contribution >= 0.6 is 0 Å². The summed E-state index contributed by atoms with van der Waals surface area (Å²) in [5, 5.41) is 0. The van der Waals surface area contributed by atoms with Crippen molar-refractivity contribution in [2.45, 2.75) is 11.3 Å². The van der Waals surface area contributed by atoms with Crippen LogP contribution in [0, 0.1) is 5.92 Å². The molecule has 1 amide bonds. The summed E-state index contributed by atoms with van der Waals surface area (Å²) >= 11 is 0. The van der Waals surface area contributed by atoms with Crippen LogP contribution in [0.1, 0.15) is 6.42 Å². The summed E-state index contributed by atoms with van der Waals surface area (Å²) < 4.78 is 44.4. The van der Waals surface area contributed by atoms with Crippen molar-refractivity contribution in [1.29, 1.82) is 0 Å². The highest BCUT2D eigenvalue weighted by atomic mass is 32.2. The number of pyridine rings is 1. The zero-order valence-corrected chi connectivity index (χ0v) is 15.6. The van der Waals surface area contributed by atoms with Crippen LogP contribution in [-0.2, 0) is 14.8 Å². The minimum absolute atomic E-state index is 0.0166. The molecule has 1 atom stereocenters. The second kappa shape index (κ2) is 8.56. The first-order valence-electron chi connectivity index (χ1n) is 8.08. The topological polar surface area (TPSA) is 106 Å². The zero-order chi connectivity index (χ0) is 19.3. The highest BCUT2D eigenvalue weighted by molar-refractivity contribution is 7.89. The van der Waals surface area contributed by atoms with Gasteiger partial charge in [0.25, 0.3) is 0 Å². The second-order valence-electron chi connectivity index (χ2n) is 6.17. The number of amides is 1. The van der Waals surface area contributed by atoms with Crippen LogP contribution in [0.5, 0.6) is 5.88 Å². The Morgan fingerprint density at radius 3 is 2.77 bits per heavy atom. The highest BCUT2D eigenvalue weighted by Gasteiger charge is 2.36. The van der Waals surface area contributed by atoms with E-state index in [1.54, 1.807) is 14.1 Å². The van der Waals surface area contributed by atoms with E-state index in [2.05, 4.69) is 4.98 Å². The van der Waals surface area contributed by atoms with E-state index in [1.807, 2.05) is 0 Å². The molecular weight excluding hydrogens is 363 g/mol. The van der Waals surface area contributed by atoms with Gasteiger partial charge in [-0.1, -0.05) is 0 Å². The molecule has 1 aliphatic rings. The van der Waals surface area contributed by atoms with Crippen molar-refractivity contribution in [3.8, 4) is 5.88 Å². The molecular formula is C16H23FN4O4S. The van der Waals surface area contributed by atoms with Crippen LogP contribution in [0.25, 0.3) is 0 Å². The number of carbonyl (C=O) groups excluding carboxylic acids is 1. The molecule has 0 spiro atoms. The van der Waals surface area contributed by atoms with Crippen LogP contribution in [0.2, 0.25) is 0 Å². The third-order valence-electron chi connectivity index (χ3n) is 4.11. The molecule has 0 aliphatic carbocycles. The first kappa shape index (κ1) is 20.3. The number of hydrogen-bond acceptors (Lipinski definition) is 6. The van der Waals surface area contributed by atoms with E-state index < -0.39 is 10.0 Å². The molecule has 26 heavy (non-hydrogen) atoms. The van der Waals surface area contributed by atoms with Crippen molar-refractivity contribution in [3.05, 3.63) is 30.2 Å². The van der Waals surface area contributed by atoms with Gasteiger partial charge >= 0.3 is 0 Å². The molecule has 1 saturated heterocycles. The van der Waals surface area contributed by atoms with Gasteiger partial charge in [-0.2, -0.15) is 4.31 Å². The van der Waals surface area contributed by atoms with Crippen LogP contribution in [-0.4, -0.2) is 68.9 Å². The maximum absolute atomic E-state index is 12.7. The molecule has 1 aromatic rings. The highest BCUT2D eigenvalue weighted by Crippen LogP contribution is 2.25. The van der Waals surface area contributed by atoms with Gasteiger partial charge < -0.3 is 15.4 Å². The SMILES string of the molecule is CN(C)C(=O)[C@H]1CCN(S(=O)(=O)c2ccc(OC/C(=C\F)CN)nc2)C1. The molecule has 0 saturated carbocycles.